The van der Waals surface area contributed by atoms with E-state index in [1.807, 2.05) is 0 Å². The molecule has 1 aliphatic rings. The predicted octanol–water partition coefficient (Wildman–Crippen LogP) is 2.15. The molecule has 0 spiro atoms. The Labute approximate surface area is 44.7 Å². The van der Waals surface area contributed by atoms with Gasteiger partial charge in [0.05, 0.1) is 0 Å². The van der Waals surface area contributed by atoms with Crippen LogP contribution in [0.1, 0.15) is 19.3 Å². The third kappa shape index (κ3) is 1.46. The van der Waals surface area contributed by atoms with E-state index in [9.17, 15) is 0 Å². The van der Waals surface area contributed by atoms with Crippen LogP contribution in [0.25, 0.3) is 0 Å². The third-order valence-electron chi connectivity index (χ3n) is 0.908. The molecule has 0 aromatic carbocycles. The maximum atomic E-state index is 2.24. The van der Waals surface area contributed by atoms with Gasteiger partial charge in [0.25, 0.3) is 0 Å². The van der Waals surface area contributed by atoms with Crippen molar-refractivity contribution in [2.75, 3.05) is 0 Å². The average Bonchev–Trinajstić information content (AvgIpc) is 1.76. The van der Waals surface area contributed by atoms with E-state index in [2.05, 4.69) is 12.2 Å². The van der Waals surface area contributed by atoms with Gasteiger partial charge in [0.15, 0.2) is 0 Å². The average molecular weight is 105 g/mol. The van der Waals surface area contributed by atoms with Gasteiger partial charge >= 0.3 is 0 Å². The van der Waals surface area contributed by atoms with Crippen LogP contribution in [-0.2, 0) is 0 Å². The van der Waals surface area contributed by atoms with Gasteiger partial charge in [-0.05, 0) is 19.3 Å². The summed E-state index contributed by atoms with van der Waals surface area (Å²) in [6.07, 6.45) is 8.50. The Bertz CT molecular complexity index is 41.9. The second-order valence-corrected chi connectivity index (χ2v) is 1.40. The van der Waals surface area contributed by atoms with Crippen molar-refractivity contribution in [1.29, 1.82) is 0 Å². The normalized spacial score (nSPS) is 17.3. The monoisotopic (exact) mass is 104 g/mol. The summed E-state index contributed by atoms with van der Waals surface area (Å²) < 4.78 is 0. The summed E-state index contributed by atoms with van der Waals surface area (Å²) in [4.78, 5) is 0. The zero-order valence-electron chi connectivity index (χ0n) is 3.68. The summed E-state index contributed by atoms with van der Waals surface area (Å²) in [5.74, 6) is 0. The van der Waals surface area contributed by atoms with Crippen LogP contribution in [0.2, 0.25) is 0 Å². The van der Waals surface area contributed by atoms with E-state index in [-0.39, 0.29) is 12.4 Å². The molecule has 1 aliphatic carbocycles. The van der Waals surface area contributed by atoms with Gasteiger partial charge in [-0.3, -0.25) is 0 Å². The Balaban J connectivity index is 0.000000250. The summed E-state index contributed by atoms with van der Waals surface area (Å²) in [5.41, 5.74) is 0. The molecule has 0 N–H and O–H groups in total. The first-order valence-electron chi connectivity index (χ1n) is 2.15. The number of halogens is 1. The lowest BCUT2D eigenvalue weighted by atomic mass is 10.4. The quantitative estimate of drug-likeness (QED) is 0.413. The van der Waals surface area contributed by atoms with Crippen molar-refractivity contribution in [2.24, 2.45) is 0 Å². The van der Waals surface area contributed by atoms with Crippen molar-refractivity contribution in [3.63, 3.8) is 0 Å². The van der Waals surface area contributed by atoms with E-state index in [4.69, 9.17) is 0 Å². The molecule has 6 heavy (non-hydrogen) atoms. The van der Waals surface area contributed by atoms with Gasteiger partial charge in [0.2, 0.25) is 0 Å². The Kier molecular flexibility index (Phi) is 3.24. The van der Waals surface area contributed by atoms with Crippen LogP contribution in [0.15, 0.2) is 12.2 Å². The minimum atomic E-state index is 0. The number of allylic oxidation sites excluding steroid dienone is 2. The van der Waals surface area contributed by atoms with Crippen LogP contribution >= 0.6 is 12.4 Å². The zero-order chi connectivity index (χ0) is 3.54. The van der Waals surface area contributed by atoms with Gasteiger partial charge in [-0.25, -0.2) is 0 Å². The highest BCUT2D eigenvalue weighted by molar-refractivity contribution is 5.85. The van der Waals surface area contributed by atoms with Gasteiger partial charge in [-0.1, -0.05) is 12.2 Å². The van der Waals surface area contributed by atoms with Gasteiger partial charge < -0.3 is 0 Å². The van der Waals surface area contributed by atoms with Gasteiger partial charge in [0.1, 0.15) is 0 Å². The second kappa shape index (κ2) is 3.23. The first kappa shape index (κ1) is 6.03. The Morgan fingerprint density at radius 2 is 1.50 bits per heavy atom. The van der Waals surface area contributed by atoms with Crippen LogP contribution in [0.3, 0.4) is 0 Å². The van der Waals surface area contributed by atoms with Crippen molar-refractivity contribution in [2.45, 2.75) is 19.3 Å². The summed E-state index contributed by atoms with van der Waals surface area (Å²) in [6, 6.07) is 0. The fourth-order valence-corrected chi connectivity index (χ4v) is 0.589. The molecule has 0 bridgehead atoms. The molecule has 0 nitrogen and oxygen atoms in total. The number of hydrogen-bond acceptors (Lipinski definition) is 0. The fourth-order valence-electron chi connectivity index (χ4n) is 0.589. The highest BCUT2D eigenvalue weighted by atomic mass is 35.5. The van der Waals surface area contributed by atoms with Crippen molar-refractivity contribution in [3.8, 4) is 0 Å². The van der Waals surface area contributed by atoms with E-state index in [1.165, 1.54) is 19.3 Å². The van der Waals surface area contributed by atoms with Crippen molar-refractivity contribution in [3.05, 3.63) is 12.2 Å². The lowest BCUT2D eigenvalue weighted by Crippen LogP contribution is -1.50. The van der Waals surface area contributed by atoms with Gasteiger partial charge in [0, 0.05) is 0 Å². The molecule has 36 valence electrons. The molecule has 0 aromatic heterocycles. The number of hydrogen-bond donors (Lipinski definition) is 0. The topological polar surface area (TPSA) is 0 Å². The van der Waals surface area contributed by atoms with E-state index in [0.29, 0.717) is 0 Å². The maximum absolute atomic E-state index is 2.24. The highest BCUT2D eigenvalue weighted by Gasteiger charge is 1.84. The Morgan fingerprint density at radius 3 is 1.67 bits per heavy atom. The molecule has 0 amide bonds. The molecule has 0 aliphatic heterocycles. The first-order chi connectivity index (χ1) is 2.50. The van der Waals surface area contributed by atoms with Crippen LogP contribution in [0.4, 0.5) is 0 Å². The summed E-state index contributed by atoms with van der Waals surface area (Å²) in [5, 5.41) is 0. The van der Waals surface area contributed by atoms with E-state index >= 15 is 0 Å². The fraction of sp³-hybridized carbons (Fsp3) is 0.600. The SMILES string of the molecule is C1=CCCC1.Cl. The first-order valence-corrected chi connectivity index (χ1v) is 2.15. The van der Waals surface area contributed by atoms with Crippen LogP contribution < -0.4 is 0 Å². The second-order valence-electron chi connectivity index (χ2n) is 1.40. The largest absolute Gasteiger partial charge is 0.147 e. The molecule has 0 unspecified atom stereocenters. The predicted molar refractivity (Wildman–Crippen MR) is 30.2 cm³/mol. The molecule has 0 saturated carbocycles. The lowest BCUT2D eigenvalue weighted by Gasteiger charge is -1.69. The molecule has 0 fully saturated rings. The van der Waals surface area contributed by atoms with Crippen molar-refractivity contribution >= 4 is 12.4 Å². The standard InChI is InChI=1S/C5H8.ClH/c1-2-4-5-3-1;/h1-2H,3-5H2;1H. The molecule has 0 atom stereocenters. The molecule has 1 rings (SSSR count). The minimum Gasteiger partial charge on any atom is -0.147 e. The lowest BCUT2D eigenvalue weighted by molar-refractivity contribution is 0.929. The summed E-state index contributed by atoms with van der Waals surface area (Å²) in [7, 11) is 0. The van der Waals surface area contributed by atoms with E-state index in [1.54, 1.807) is 0 Å². The minimum absolute atomic E-state index is 0. The zero-order valence-corrected chi connectivity index (χ0v) is 4.50. The maximum Gasteiger partial charge on any atom is -0.0348 e. The van der Waals surface area contributed by atoms with E-state index in [0.717, 1.165) is 0 Å². The van der Waals surface area contributed by atoms with Crippen molar-refractivity contribution in [1.82, 2.24) is 0 Å². The summed E-state index contributed by atoms with van der Waals surface area (Å²) >= 11 is 0. The molecule has 1 heteroatoms. The molecule has 0 saturated heterocycles. The molecular weight excluding hydrogens is 95.5 g/mol. The molecule has 0 radical (unpaired) electrons. The molecular formula is C5H9Cl. The number of rotatable bonds is 0. The van der Waals surface area contributed by atoms with E-state index < -0.39 is 0 Å². The van der Waals surface area contributed by atoms with Crippen molar-refractivity contribution < 1.29 is 0 Å². The molecule has 0 heterocycles. The highest BCUT2D eigenvalue weighted by Crippen LogP contribution is 2.05. The van der Waals surface area contributed by atoms with Crippen LogP contribution in [-0.4, -0.2) is 0 Å². The smallest absolute Gasteiger partial charge is 0.0348 e. The Morgan fingerprint density at radius 1 is 1.00 bits per heavy atom. The van der Waals surface area contributed by atoms with Crippen LogP contribution in [0, 0.1) is 0 Å². The third-order valence-corrected chi connectivity index (χ3v) is 0.908. The summed E-state index contributed by atoms with van der Waals surface area (Å²) in [6.45, 7) is 0. The Hall–Kier alpha value is 0.0300. The van der Waals surface area contributed by atoms with Crippen LogP contribution in [0.5, 0.6) is 0 Å². The van der Waals surface area contributed by atoms with Gasteiger partial charge in [-0.2, -0.15) is 0 Å². The van der Waals surface area contributed by atoms with Gasteiger partial charge in [-0.15, -0.1) is 12.4 Å². The molecule has 0 aromatic rings.